The first-order valence-corrected chi connectivity index (χ1v) is 7.16. The first kappa shape index (κ1) is 13.5. The van der Waals surface area contributed by atoms with Crippen molar-refractivity contribution in [1.82, 2.24) is 4.98 Å². The Morgan fingerprint density at radius 2 is 2.17 bits per heavy atom. The number of benzene rings is 1. The molecule has 0 bridgehead atoms. The highest BCUT2D eigenvalue weighted by atomic mass is 79.9. The van der Waals surface area contributed by atoms with E-state index in [0.29, 0.717) is 15.6 Å². The van der Waals surface area contributed by atoms with E-state index in [1.54, 1.807) is 18.2 Å². The number of carbonyl (C=O) groups excluding carboxylic acids is 1. The molecule has 1 N–H and O–H groups in total. The highest BCUT2D eigenvalue weighted by Gasteiger charge is 2.14. The number of nitrogens with zero attached hydrogens (tertiary/aromatic N) is 1. The lowest BCUT2D eigenvalue weighted by atomic mass is 10.3. The summed E-state index contributed by atoms with van der Waals surface area (Å²) in [7, 11) is 0. The number of hydrogen-bond acceptors (Lipinski definition) is 3. The Labute approximate surface area is 122 Å². The van der Waals surface area contributed by atoms with E-state index in [2.05, 4.69) is 26.2 Å². The second-order valence-corrected chi connectivity index (χ2v) is 6.20. The van der Waals surface area contributed by atoms with E-state index in [9.17, 15) is 4.79 Å². The number of hydrogen-bond donors (Lipinski definition) is 1. The van der Waals surface area contributed by atoms with Crippen LogP contribution in [0.25, 0.3) is 0 Å². The minimum Gasteiger partial charge on any atom is -0.321 e. The molecule has 94 valence electrons. The van der Waals surface area contributed by atoms with Crippen molar-refractivity contribution in [3.05, 3.63) is 43.3 Å². The van der Waals surface area contributed by atoms with Crippen molar-refractivity contribution in [2.45, 2.75) is 13.8 Å². The van der Waals surface area contributed by atoms with Gasteiger partial charge in [-0.15, -0.1) is 11.3 Å². The zero-order valence-electron chi connectivity index (χ0n) is 9.75. The van der Waals surface area contributed by atoms with Crippen molar-refractivity contribution in [2.75, 3.05) is 5.32 Å². The number of amides is 1. The van der Waals surface area contributed by atoms with Crippen molar-refractivity contribution in [1.29, 1.82) is 0 Å². The molecule has 0 unspecified atom stereocenters. The normalized spacial score (nSPS) is 10.4. The van der Waals surface area contributed by atoms with E-state index in [0.717, 1.165) is 15.2 Å². The Morgan fingerprint density at radius 3 is 2.72 bits per heavy atom. The van der Waals surface area contributed by atoms with Crippen molar-refractivity contribution < 1.29 is 4.79 Å². The Kier molecular flexibility index (Phi) is 4.04. The molecule has 1 amide bonds. The highest BCUT2D eigenvalue weighted by molar-refractivity contribution is 9.10. The molecule has 0 saturated carbocycles. The van der Waals surface area contributed by atoms with E-state index in [-0.39, 0.29) is 5.91 Å². The van der Waals surface area contributed by atoms with Gasteiger partial charge < -0.3 is 5.32 Å². The number of rotatable bonds is 2. The summed E-state index contributed by atoms with van der Waals surface area (Å²) >= 11 is 10.7. The fraction of sp³-hybridized carbons (Fsp3) is 0.167. The van der Waals surface area contributed by atoms with Crippen LogP contribution >= 0.6 is 38.9 Å². The van der Waals surface area contributed by atoms with Crippen molar-refractivity contribution in [3.8, 4) is 0 Å². The van der Waals surface area contributed by atoms with Crippen LogP contribution < -0.4 is 5.32 Å². The van der Waals surface area contributed by atoms with Crippen LogP contribution in [0, 0.1) is 13.8 Å². The summed E-state index contributed by atoms with van der Waals surface area (Å²) in [6.45, 7) is 3.71. The molecule has 0 spiro atoms. The maximum absolute atomic E-state index is 12.0. The number of aromatic nitrogens is 1. The average molecular weight is 346 g/mol. The molecule has 1 aromatic heterocycles. The number of anilines is 1. The standard InChI is InChI=1S/C12H10BrClN2OS/c1-6-11(18-7(2)15-6)12(17)16-8-3-4-9(13)10(14)5-8/h3-5H,1-2H3,(H,16,17). The van der Waals surface area contributed by atoms with Crippen LogP contribution in [0.2, 0.25) is 5.02 Å². The molecule has 3 nitrogen and oxygen atoms in total. The lowest BCUT2D eigenvalue weighted by Gasteiger charge is -2.05. The summed E-state index contributed by atoms with van der Waals surface area (Å²) in [5.41, 5.74) is 1.41. The molecular formula is C12H10BrClN2OS. The molecule has 0 fully saturated rings. The van der Waals surface area contributed by atoms with Gasteiger partial charge in [-0.2, -0.15) is 0 Å². The molecule has 0 aliphatic rings. The summed E-state index contributed by atoms with van der Waals surface area (Å²) in [4.78, 5) is 16.9. The third-order valence-electron chi connectivity index (χ3n) is 2.29. The quantitative estimate of drug-likeness (QED) is 0.875. The van der Waals surface area contributed by atoms with Crippen LogP contribution in [0.3, 0.4) is 0 Å². The molecule has 6 heteroatoms. The zero-order chi connectivity index (χ0) is 13.3. The first-order chi connectivity index (χ1) is 8.47. The van der Waals surface area contributed by atoms with Crippen LogP contribution in [0.5, 0.6) is 0 Å². The van der Waals surface area contributed by atoms with Gasteiger partial charge in [0.05, 0.1) is 15.7 Å². The van der Waals surface area contributed by atoms with Crippen LogP contribution in [0.1, 0.15) is 20.4 Å². The molecule has 0 atom stereocenters. The van der Waals surface area contributed by atoms with Gasteiger partial charge in [0, 0.05) is 10.2 Å². The van der Waals surface area contributed by atoms with Gasteiger partial charge in [0.25, 0.3) is 5.91 Å². The smallest absolute Gasteiger partial charge is 0.267 e. The average Bonchev–Trinajstić information content (AvgIpc) is 2.63. The summed E-state index contributed by atoms with van der Waals surface area (Å²) in [5.74, 6) is -0.156. The summed E-state index contributed by atoms with van der Waals surface area (Å²) in [6, 6.07) is 5.28. The van der Waals surface area contributed by atoms with Gasteiger partial charge in [-0.1, -0.05) is 11.6 Å². The van der Waals surface area contributed by atoms with Crippen LogP contribution in [0.4, 0.5) is 5.69 Å². The van der Waals surface area contributed by atoms with Crippen LogP contribution in [-0.4, -0.2) is 10.9 Å². The molecular weight excluding hydrogens is 336 g/mol. The fourth-order valence-electron chi connectivity index (χ4n) is 1.50. The first-order valence-electron chi connectivity index (χ1n) is 5.18. The third-order valence-corrected chi connectivity index (χ3v) is 4.59. The lowest BCUT2D eigenvalue weighted by Crippen LogP contribution is -2.11. The predicted molar refractivity (Wildman–Crippen MR) is 78.7 cm³/mol. The maximum atomic E-state index is 12.0. The topological polar surface area (TPSA) is 42.0 Å². The molecule has 0 radical (unpaired) electrons. The monoisotopic (exact) mass is 344 g/mol. The van der Waals surface area contributed by atoms with Crippen molar-refractivity contribution in [3.63, 3.8) is 0 Å². The largest absolute Gasteiger partial charge is 0.321 e. The second kappa shape index (κ2) is 5.38. The molecule has 0 saturated heterocycles. The second-order valence-electron chi connectivity index (χ2n) is 3.73. The highest BCUT2D eigenvalue weighted by Crippen LogP contribution is 2.26. The van der Waals surface area contributed by atoms with Crippen molar-refractivity contribution in [2.24, 2.45) is 0 Å². The Hall–Kier alpha value is -0.910. The van der Waals surface area contributed by atoms with Gasteiger partial charge in [-0.3, -0.25) is 4.79 Å². The minimum atomic E-state index is -0.156. The zero-order valence-corrected chi connectivity index (χ0v) is 12.9. The SMILES string of the molecule is Cc1nc(C)c(C(=O)Nc2ccc(Br)c(Cl)c2)s1. The lowest BCUT2D eigenvalue weighted by molar-refractivity contribution is 0.103. The molecule has 1 heterocycles. The Bertz CT molecular complexity index is 612. The molecule has 0 aliphatic carbocycles. The van der Waals surface area contributed by atoms with Crippen molar-refractivity contribution >= 4 is 50.5 Å². The van der Waals surface area contributed by atoms with E-state index in [4.69, 9.17) is 11.6 Å². The minimum absolute atomic E-state index is 0.156. The van der Waals surface area contributed by atoms with Gasteiger partial charge in [-0.05, 0) is 48.0 Å². The molecule has 2 aromatic rings. The molecule has 18 heavy (non-hydrogen) atoms. The number of thiazole rings is 1. The van der Waals surface area contributed by atoms with Gasteiger partial charge in [0.2, 0.25) is 0 Å². The molecule has 0 aliphatic heterocycles. The van der Waals surface area contributed by atoms with Crippen LogP contribution in [-0.2, 0) is 0 Å². The number of carbonyl (C=O) groups is 1. The van der Waals surface area contributed by atoms with Gasteiger partial charge in [-0.25, -0.2) is 4.98 Å². The molecule has 1 aromatic carbocycles. The Balaban J connectivity index is 2.21. The van der Waals surface area contributed by atoms with Gasteiger partial charge in [0.1, 0.15) is 4.88 Å². The maximum Gasteiger partial charge on any atom is 0.267 e. The Morgan fingerprint density at radius 1 is 1.44 bits per heavy atom. The number of aryl methyl sites for hydroxylation is 2. The van der Waals surface area contributed by atoms with E-state index < -0.39 is 0 Å². The van der Waals surface area contributed by atoms with E-state index in [1.165, 1.54) is 11.3 Å². The third kappa shape index (κ3) is 2.91. The van der Waals surface area contributed by atoms with Gasteiger partial charge >= 0.3 is 0 Å². The van der Waals surface area contributed by atoms with E-state index >= 15 is 0 Å². The summed E-state index contributed by atoms with van der Waals surface area (Å²) < 4.78 is 0.798. The van der Waals surface area contributed by atoms with E-state index in [1.807, 2.05) is 13.8 Å². The van der Waals surface area contributed by atoms with Crippen LogP contribution in [0.15, 0.2) is 22.7 Å². The summed E-state index contributed by atoms with van der Waals surface area (Å²) in [5, 5.41) is 4.25. The predicted octanol–water partition coefficient (Wildman–Crippen LogP) is 4.43. The van der Waals surface area contributed by atoms with Gasteiger partial charge in [0.15, 0.2) is 0 Å². The number of halogens is 2. The number of nitrogens with one attached hydrogen (secondary N) is 1. The summed E-state index contributed by atoms with van der Waals surface area (Å²) in [6.07, 6.45) is 0. The molecule has 2 rings (SSSR count). The fourth-order valence-corrected chi connectivity index (χ4v) is 2.75.